The van der Waals surface area contributed by atoms with Crippen molar-refractivity contribution >= 4 is 29.1 Å². The summed E-state index contributed by atoms with van der Waals surface area (Å²) in [6, 6.07) is 5.17. The highest BCUT2D eigenvalue weighted by atomic mass is 35.5. The van der Waals surface area contributed by atoms with Crippen molar-refractivity contribution in [2.45, 2.75) is 65.0 Å². The molecule has 2 amide bonds. The van der Waals surface area contributed by atoms with Gasteiger partial charge in [0, 0.05) is 17.1 Å². The molecule has 1 heterocycles. The number of nitrogens with one attached hydrogen (secondary N) is 2. The quantitative estimate of drug-likeness (QED) is 0.685. The van der Waals surface area contributed by atoms with Crippen LogP contribution in [0.2, 0.25) is 5.02 Å². The van der Waals surface area contributed by atoms with Gasteiger partial charge >= 0.3 is 0 Å². The van der Waals surface area contributed by atoms with Crippen LogP contribution in [-0.2, 0) is 4.79 Å². The fourth-order valence-electron chi connectivity index (χ4n) is 2.83. The summed E-state index contributed by atoms with van der Waals surface area (Å²) < 4.78 is 0. The van der Waals surface area contributed by atoms with E-state index in [2.05, 4.69) is 17.7 Å². The predicted molar refractivity (Wildman–Crippen MR) is 96.8 cm³/mol. The van der Waals surface area contributed by atoms with E-state index in [4.69, 9.17) is 11.6 Å². The molecular formula is C18H26ClN3O2. The van der Waals surface area contributed by atoms with Crippen molar-refractivity contribution in [3.05, 3.63) is 28.8 Å². The van der Waals surface area contributed by atoms with Crippen molar-refractivity contribution in [3.63, 3.8) is 0 Å². The first kappa shape index (κ1) is 18.6. The highest BCUT2D eigenvalue weighted by Crippen LogP contribution is 2.28. The van der Waals surface area contributed by atoms with Crippen molar-refractivity contribution in [2.75, 3.05) is 5.32 Å². The van der Waals surface area contributed by atoms with Crippen LogP contribution in [0.3, 0.4) is 0 Å². The number of anilines is 1. The summed E-state index contributed by atoms with van der Waals surface area (Å²) in [6.45, 7) is 4.13. The van der Waals surface area contributed by atoms with Crippen molar-refractivity contribution in [3.8, 4) is 0 Å². The van der Waals surface area contributed by atoms with E-state index in [-0.39, 0.29) is 18.0 Å². The minimum atomic E-state index is -0.254. The molecule has 0 saturated heterocycles. The van der Waals surface area contributed by atoms with E-state index in [1.165, 1.54) is 17.9 Å². The summed E-state index contributed by atoms with van der Waals surface area (Å²) in [6.07, 6.45) is 6.29. The van der Waals surface area contributed by atoms with Crippen molar-refractivity contribution in [1.82, 2.24) is 10.4 Å². The fourth-order valence-corrected chi connectivity index (χ4v) is 3.00. The smallest absolute Gasteiger partial charge is 0.276 e. The number of rotatable bonds is 8. The number of fused-ring (bicyclic) bond motifs is 1. The lowest BCUT2D eigenvalue weighted by Crippen LogP contribution is -2.57. The van der Waals surface area contributed by atoms with Gasteiger partial charge in [-0.1, -0.05) is 51.1 Å². The summed E-state index contributed by atoms with van der Waals surface area (Å²) in [5.74, 6) is -0.344. The molecule has 24 heavy (non-hydrogen) atoms. The molecule has 0 saturated carbocycles. The maximum atomic E-state index is 12.7. The number of unbranched alkanes of at least 4 members (excludes halogenated alkanes) is 4. The largest absolute Gasteiger partial charge is 0.363 e. The number of halogens is 1. The molecule has 132 valence electrons. The van der Waals surface area contributed by atoms with Gasteiger partial charge in [0.1, 0.15) is 6.17 Å². The van der Waals surface area contributed by atoms with Gasteiger partial charge in [-0.05, 0) is 31.0 Å². The maximum Gasteiger partial charge on any atom is 0.276 e. The minimum absolute atomic E-state index is 0.120. The molecular weight excluding hydrogens is 326 g/mol. The lowest BCUT2D eigenvalue weighted by Gasteiger charge is -2.37. The average Bonchev–Trinajstić information content (AvgIpc) is 2.57. The summed E-state index contributed by atoms with van der Waals surface area (Å²) in [5, 5.41) is 5.17. The molecule has 0 radical (unpaired) electrons. The molecule has 5 nitrogen and oxygen atoms in total. The van der Waals surface area contributed by atoms with E-state index < -0.39 is 0 Å². The Balaban J connectivity index is 1.98. The molecule has 0 spiro atoms. The Hall–Kier alpha value is -1.75. The molecule has 1 atom stereocenters. The van der Waals surface area contributed by atoms with Gasteiger partial charge in [-0.2, -0.15) is 0 Å². The maximum absolute atomic E-state index is 12.7. The van der Waals surface area contributed by atoms with Crippen LogP contribution in [-0.4, -0.2) is 23.0 Å². The topological polar surface area (TPSA) is 61.4 Å². The molecule has 1 aromatic carbocycles. The van der Waals surface area contributed by atoms with Crippen LogP contribution in [0.1, 0.15) is 69.2 Å². The van der Waals surface area contributed by atoms with Crippen LogP contribution in [0.4, 0.5) is 5.69 Å². The molecule has 2 rings (SSSR count). The Morgan fingerprint density at radius 1 is 1.25 bits per heavy atom. The molecule has 1 unspecified atom stereocenters. The number of nitrogens with zero attached hydrogens (tertiary/aromatic N) is 1. The Morgan fingerprint density at radius 2 is 2.00 bits per heavy atom. The molecule has 6 heteroatoms. The van der Waals surface area contributed by atoms with E-state index in [9.17, 15) is 9.59 Å². The number of hydrogen-bond donors (Lipinski definition) is 2. The van der Waals surface area contributed by atoms with Crippen LogP contribution in [0.25, 0.3) is 0 Å². The third-order valence-corrected chi connectivity index (χ3v) is 4.44. The van der Waals surface area contributed by atoms with Gasteiger partial charge in [0.15, 0.2) is 0 Å². The highest BCUT2D eigenvalue weighted by Gasteiger charge is 2.32. The minimum Gasteiger partial charge on any atom is -0.363 e. The zero-order valence-corrected chi connectivity index (χ0v) is 15.2. The first-order chi connectivity index (χ1) is 11.6. The number of carbonyl (C=O) groups excluding carboxylic acids is 2. The van der Waals surface area contributed by atoms with Crippen LogP contribution in [0, 0.1) is 0 Å². The van der Waals surface area contributed by atoms with Gasteiger partial charge < -0.3 is 5.32 Å². The van der Waals surface area contributed by atoms with E-state index >= 15 is 0 Å². The molecule has 0 aromatic heterocycles. The van der Waals surface area contributed by atoms with Crippen molar-refractivity contribution < 1.29 is 9.59 Å². The molecule has 0 bridgehead atoms. The number of amides is 2. The fraction of sp³-hybridized carbons (Fsp3) is 0.556. The molecule has 0 fully saturated rings. The van der Waals surface area contributed by atoms with Crippen molar-refractivity contribution in [1.29, 1.82) is 0 Å². The van der Waals surface area contributed by atoms with Crippen molar-refractivity contribution in [2.24, 2.45) is 0 Å². The number of carbonyl (C=O) groups is 2. The Bertz CT molecular complexity index is 592. The van der Waals surface area contributed by atoms with Gasteiger partial charge in [-0.3, -0.25) is 15.0 Å². The second-order valence-corrected chi connectivity index (χ2v) is 6.57. The summed E-state index contributed by atoms with van der Waals surface area (Å²) >= 11 is 5.99. The standard InChI is InChI=1S/C18H26ClN3O2/c1-3-5-6-7-8-9-17(23)21-22-16(4-2)20-15-11-10-13(19)12-14(15)18(22)24/h10-12,16,20H,3-9H2,1-2H3,(H,21,23). The van der Waals surface area contributed by atoms with Crippen LogP contribution in [0.15, 0.2) is 18.2 Å². The van der Waals surface area contributed by atoms with Gasteiger partial charge in [0.2, 0.25) is 5.91 Å². The third-order valence-electron chi connectivity index (χ3n) is 4.20. The zero-order chi connectivity index (χ0) is 17.5. The Morgan fingerprint density at radius 3 is 2.71 bits per heavy atom. The lowest BCUT2D eigenvalue weighted by atomic mass is 10.1. The van der Waals surface area contributed by atoms with E-state index in [0.717, 1.165) is 24.9 Å². The average molecular weight is 352 g/mol. The number of hydrogen-bond acceptors (Lipinski definition) is 3. The molecule has 1 aliphatic heterocycles. The number of hydrazine groups is 1. The van der Waals surface area contributed by atoms with Gasteiger partial charge in [-0.25, -0.2) is 5.01 Å². The second-order valence-electron chi connectivity index (χ2n) is 6.13. The lowest BCUT2D eigenvalue weighted by molar-refractivity contribution is -0.125. The Labute approximate surface area is 148 Å². The summed E-state index contributed by atoms with van der Waals surface area (Å²) in [7, 11) is 0. The third kappa shape index (κ3) is 4.63. The Kier molecular flexibility index (Phi) is 6.91. The van der Waals surface area contributed by atoms with E-state index in [1.54, 1.807) is 18.2 Å². The first-order valence-corrected chi connectivity index (χ1v) is 9.13. The SMILES string of the molecule is CCCCCCCC(=O)NN1C(=O)c2cc(Cl)ccc2NC1CC. The van der Waals surface area contributed by atoms with E-state index in [0.29, 0.717) is 23.4 Å². The van der Waals surface area contributed by atoms with Crippen LogP contribution in [0.5, 0.6) is 0 Å². The summed E-state index contributed by atoms with van der Waals surface area (Å²) in [4.78, 5) is 24.9. The van der Waals surface area contributed by atoms with Gasteiger partial charge in [0.05, 0.1) is 5.56 Å². The van der Waals surface area contributed by atoms with E-state index in [1.807, 2.05) is 6.92 Å². The highest BCUT2D eigenvalue weighted by molar-refractivity contribution is 6.31. The number of benzene rings is 1. The first-order valence-electron chi connectivity index (χ1n) is 8.76. The zero-order valence-electron chi connectivity index (χ0n) is 14.4. The molecule has 1 aromatic rings. The molecule has 0 aliphatic carbocycles. The monoisotopic (exact) mass is 351 g/mol. The molecule has 2 N–H and O–H groups in total. The molecule has 1 aliphatic rings. The van der Waals surface area contributed by atoms with Crippen LogP contribution < -0.4 is 10.7 Å². The van der Waals surface area contributed by atoms with Crippen LogP contribution >= 0.6 is 11.6 Å². The predicted octanol–water partition coefficient (Wildman–Crippen LogP) is 4.34. The van der Waals surface area contributed by atoms with Gasteiger partial charge in [-0.15, -0.1) is 0 Å². The second kappa shape index (κ2) is 8.92. The normalized spacial score (nSPS) is 16.5. The van der Waals surface area contributed by atoms with Gasteiger partial charge in [0.25, 0.3) is 5.91 Å². The summed E-state index contributed by atoms with van der Waals surface area (Å²) in [5.41, 5.74) is 3.99.